The number of para-hydroxylation sites is 1. The van der Waals surface area contributed by atoms with Gasteiger partial charge in [0, 0.05) is 6.20 Å². The number of rotatable bonds is 5. The summed E-state index contributed by atoms with van der Waals surface area (Å²) in [6.45, 7) is 2.08. The predicted molar refractivity (Wildman–Crippen MR) is 82.0 cm³/mol. The topological polar surface area (TPSA) is 60.3 Å². The van der Waals surface area contributed by atoms with Crippen molar-refractivity contribution in [1.82, 2.24) is 4.57 Å². The minimum Gasteiger partial charge on any atom is -0.488 e. The summed E-state index contributed by atoms with van der Waals surface area (Å²) in [6, 6.07) is 10.2. The number of benzene rings is 1. The van der Waals surface area contributed by atoms with E-state index in [1.165, 1.54) is 10.8 Å². The Hall–Kier alpha value is -2.27. The lowest BCUT2D eigenvalue weighted by molar-refractivity contribution is -0.116. The zero-order chi connectivity index (χ0) is 15.2. The molecule has 1 heterocycles. The zero-order valence-corrected chi connectivity index (χ0v) is 12.3. The summed E-state index contributed by atoms with van der Waals surface area (Å²) in [7, 11) is 0. The molecule has 1 N–H and O–H groups in total. The number of pyridine rings is 1. The number of halogens is 1. The van der Waals surface area contributed by atoms with Crippen molar-refractivity contribution in [3.05, 3.63) is 58.0 Å². The number of hydrogen-bond acceptors (Lipinski definition) is 3. The van der Waals surface area contributed by atoms with E-state index in [1.54, 1.807) is 43.3 Å². The Balaban J connectivity index is 2.12. The summed E-state index contributed by atoms with van der Waals surface area (Å²) in [5, 5.41) is 3.11. The van der Waals surface area contributed by atoms with Gasteiger partial charge in [0.25, 0.3) is 5.56 Å². The van der Waals surface area contributed by atoms with E-state index in [0.717, 1.165) is 0 Å². The largest absolute Gasteiger partial charge is 0.488 e. The second-order valence-corrected chi connectivity index (χ2v) is 4.67. The van der Waals surface area contributed by atoms with Crippen LogP contribution in [0.25, 0.3) is 0 Å². The first-order valence-corrected chi connectivity index (χ1v) is 6.86. The van der Waals surface area contributed by atoms with E-state index in [4.69, 9.17) is 16.3 Å². The summed E-state index contributed by atoms with van der Waals surface area (Å²) in [5.41, 5.74) is 0.173. The molecule has 0 bridgehead atoms. The van der Waals surface area contributed by atoms with E-state index < -0.39 is 0 Å². The van der Waals surface area contributed by atoms with Gasteiger partial charge < -0.3 is 14.6 Å². The number of nitrogens with one attached hydrogen (secondary N) is 1. The number of amides is 1. The standard InChI is InChI=1S/C15H15ClN2O3/c1-2-21-13-8-5-9-18(15(13)20)10-14(19)17-12-7-4-3-6-11(12)16/h3-9H,2,10H2,1H3,(H,17,19). The maximum absolute atomic E-state index is 12.0. The highest BCUT2D eigenvalue weighted by Gasteiger charge is 2.09. The highest BCUT2D eigenvalue weighted by atomic mass is 35.5. The van der Waals surface area contributed by atoms with Gasteiger partial charge in [0.2, 0.25) is 5.91 Å². The van der Waals surface area contributed by atoms with Crippen molar-refractivity contribution in [3.63, 3.8) is 0 Å². The monoisotopic (exact) mass is 306 g/mol. The van der Waals surface area contributed by atoms with Gasteiger partial charge in [-0.15, -0.1) is 0 Å². The molecule has 1 aromatic carbocycles. The van der Waals surface area contributed by atoms with Crippen LogP contribution in [0.5, 0.6) is 5.75 Å². The van der Waals surface area contributed by atoms with Crippen molar-refractivity contribution in [2.45, 2.75) is 13.5 Å². The third-order valence-corrected chi connectivity index (χ3v) is 3.08. The van der Waals surface area contributed by atoms with E-state index in [9.17, 15) is 9.59 Å². The van der Waals surface area contributed by atoms with Gasteiger partial charge >= 0.3 is 0 Å². The van der Waals surface area contributed by atoms with Crippen LogP contribution in [0.3, 0.4) is 0 Å². The number of nitrogens with zero attached hydrogens (tertiary/aromatic N) is 1. The number of anilines is 1. The van der Waals surface area contributed by atoms with E-state index >= 15 is 0 Å². The van der Waals surface area contributed by atoms with Crippen molar-refractivity contribution in [3.8, 4) is 5.75 Å². The SMILES string of the molecule is CCOc1cccn(CC(=O)Nc2ccccc2Cl)c1=O. The van der Waals surface area contributed by atoms with Crippen LogP contribution >= 0.6 is 11.6 Å². The minimum atomic E-state index is -0.339. The molecule has 2 rings (SSSR count). The highest BCUT2D eigenvalue weighted by Crippen LogP contribution is 2.20. The molecule has 0 radical (unpaired) electrons. The number of hydrogen-bond donors (Lipinski definition) is 1. The summed E-state index contributed by atoms with van der Waals surface area (Å²) in [6.07, 6.45) is 1.54. The molecule has 0 saturated heterocycles. The molecule has 0 unspecified atom stereocenters. The quantitative estimate of drug-likeness (QED) is 0.923. The predicted octanol–water partition coefficient (Wildman–Crippen LogP) is 2.54. The molecule has 6 heteroatoms. The fourth-order valence-electron chi connectivity index (χ4n) is 1.81. The van der Waals surface area contributed by atoms with Crippen LogP contribution in [0.4, 0.5) is 5.69 Å². The van der Waals surface area contributed by atoms with Gasteiger partial charge in [-0.25, -0.2) is 0 Å². The third kappa shape index (κ3) is 3.86. The van der Waals surface area contributed by atoms with E-state index in [1.807, 2.05) is 0 Å². The maximum atomic E-state index is 12.0. The first-order chi connectivity index (χ1) is 10.1. The van der Waals surface area contributed by atoms with Crippen LogP contribution in [0.2, 0.25) is 5.02 Å². The molecule has 21 heavy (non-hydrogen) atoms. The highest BCUT2D eigenvalue weighted by molar-refractivity contribution is 6.33. The summed E-state index contributed by atoms with van der Waals surface area (Å²) in [4.78, 5) is 24.0. The van der Waals surface area contributed by atoms with Gasteiger partial charge in [0.05, 0.1) is 17.3 Å². The van der Waals surface area contributed by atoms with Crippen LogP contribution in [0, 0.1) is 0 Å². The zero-order valence-electron chi connectivity index (χ0n) is 11.5. The molecule has 0 aliphatic rings. The van der Waals surface area contributed by atoms with Gasteiger partial charge in [0.1, 0.15) is 6.54 Å². The molecule has 5 nitrogen and oxygen atoms in total. The molecule has 0 saturated carbocycles. The minimum absolute atomic E-state index is 0.106. The lowest BCUT2D eigenvalue weighted by Gasteiger charge is -2.10. The maximum Gasteiger partial charge on any atom is 0.293 e. The van der Waals surface area contributed by atoms with Crippen molar-refractivity contribution in [2.24, 2.45) is 0 Å². The first-order valence-electron chi connectivity index (χ1n) is 6.48. The number of carbonyl (C=O) groups excluding carboxylic acids is 1. The van der Waals surface area contributed by atoms with Crippen LogP contribution in [0.15, 0.2) is 47.4 Å². The second-order valence-electron chi connectivity index (χ2n) is 4.27. The Bertz CT molecular complexity index is 697. The van der Waals surface area contributed by atoms with Crippen LogP contribution in [0.1, 0.15) is 6.92 Å². The molecule has 0 spiro atoms. The Morgan fingerprint density at radius 1 is 1.29 bits per heavy atom. The molecule has 1 aromatic heterocycles. The van der Waals surface area contributed by atoms with E-state index in [-0.39, 0.29) is 23.8 Å². The van der Waals surface area contributed by atoms with Gasteiger partial charge in [-0.2, -0.15) is 0 Å². The average molecular weight is 307 g/mol. The lowest BCUT2D eigenvalue weighted by Crippen LogP contribution is -2.28. The molecular weight excluding hydrogens is 292 g/mol. The number of aromatic nitrogens is 1. The molecule has 2 aromatic rings. The fourth-order valence-corrected chi connectivity index (χ4v) is 1.99. The average Bonchev–Trinajstić information content (AvgIpc) is 2.46. The van der Waals surface area contributed by atoms with Crippen molar-refractivity contribution < 1.29 is 9.53 Å². The van der Waals surface area contributed by atoms with Crippen molar-refractivity contribution in [2.75, 3.05) is 11.9 Å². The lowest BCUT2D eigenvalue weighted by atomic mass is 10.3. The molecule has 110 valence electrons. The second kappa shape index (κ2) is 6.95. The van der Waals surface area contributed by atoms with Gasteiger partial charge in [0.15, 0.2) is 5.75 Å². The summed E-state index contributed by atoms with van der Waals surface area (Å²) >= 11 is 5.97. The molecule has 0 atom stereocenters. The Morgan fingerprint density at radius 2 is 2.05 bits per heavy atom. The summed E-state index contributed by atoms with van der Waals surface area (Å²) in [5.74, 6) is -0.107. The van der Waals surface area contributed by atoms with Crippen LogP contribution < -0.4 is 15.6 Å². The first kappa shape index (κ1) is 15.1. The third-order valence-electron chi connectivity index (χ3n) is 2.75. The van der Waals surface area contributed by atoms with E-state index in [0.29, 0.717) is 17.3 Å². The van der Waals surface area contributed by atoms with Crippen LogP contribution in [-0.2, 0) is 11.3 Å². The normalized spacial score (nSPS) is 10.2. The van der Waals surface area contributed by atoms with Crippen molar-refractivity contribution in [1.29, 1.82) is 0 Å². The molecular formula is C15H15ClN2O3. The molecule has 0 fully saturated rings. The number of ether oxygens (including phenoxy) is 1. The molecule has 0 aliphatic heterocycles. The summed E-state index contributed by atoms with van der Waals surface area (Å²) < 4.78 is 6.50. The van der Waals surface area contributed by atoms with Crippen molar-refractivity contribution >= 4 is 23.2 Å². The molecule has 1 amide bonds. The Labute approximate surface area is 127 Å². The van der Waals surface area contributed by atoms with Gasteiger partial charge in [-0.1, -0.05) is 23.7 Å². The van der Waals surface area contributed by atoms with Gasteiger partial charge in [-0.05, 0) is 31.2 Å². The van der Waals surface area contributed by atoms with Gasteiger partial charge in [-0.3, -0.25) is 9.59 Å². The van der Waals surface area contributed by atoms with E-state index in [2.05, 4.69) is 5.32 Å². The molecule has 0 aliphatic carbocycles. The fraction of sp³-hybridized carbons (Fsp3) is 0.200. The smallest absolute Gasteiger partial charge is 0.293 e. The Morgan fingerprint density at radius 3 is 2.76 bits per heavy atom. The number of carbonyl (C=O) groups is 1. The van der Waals surface area contributed by atoms with Crippen LogP contribution in [-0.4, -0.2) is 17.1 Å². The Kier molecular flexibility index (Phi) is 5.00.